The summed E-state index contributed by atoms with van der Waals surface area (Å²) in [5.74, 6) is 0. The van der Waals surface area contributed by atoms with E-state index in [0.717, 1.165) is 12.1 Å². The molecule has 0 radical (unpaired) electrons. The summed E-state index contributed by atoms with van der Waals surface area (Å²) in [4.78, 5) is 2.02. The van der Waals surface area contributed by atoms with Gasteiger partial charge in [0, 0.05) is 37.9 Å². The first kappa shape index (κ1) is 11.2. The third-order valence-electron chi connectivity index (χ3n) is 2.30. The van der Waals surface area contributed by atoms with Crippen LogP contribution in [0.2, 0.25) is 0 Å². The number of aliphatic hydroxyl groups is 1. The van der Waals surface area contributed by atoms with E-state index in [0.29, 0.717) is 6.54 Å². The number of aromatic nitrogens is 2. The maximum Gasteiger partial charge on any atom is 0.0599 e. The van der Waals surface area contributed by atoms with E-state index >= 15 is 0 Å². The van der Waals surface area contributed by atoms with Crippen molar-refractivity contribution in [3.63, 3.8) is 0 Å². The molecule has 0 spiro atoms. The van der Waals surface area contributed by atoms with Crippen LogP contribution in [0, 0.1) is 0 Å². The lowest BCUT2D eigenvalue weighted by molar-refractivity contribution is 0.146. The lowest BCUT2D eigenvalue weighted by atomic mass is 10.2. The van der Waals surface area contributed by atoms with Crippen LogP contribution in [0.3, 0.4) is 0 Å². The standard InChI is InChI=1S/C9H18N4O/c1-12(9(3-10)7-14)5-8-4-11-13(2)6-8/h4,6,9,14H,3,5,7,10H2,1-2H3. The van der Waals surface area contributed by atoms with Gasteiger partial charge in [0.05, 0.1) is 12.8 Å². The van der Waals surface area contributed by atoms with E-state index in [1.54, 1.807) is 4.68 Å². The first-order valence-corrected chi connectivity index (χ1v) is 4.66. The highest BCUT2D eigenvalue weighted by atomic mass is 16.3. The van der Waals surface area contributed by atoms with E-state index in [4.69, 9.17) is 10.8 Å². The van der Waals surface area contributed by atoms with E-state index < -0.39 is 0 Å². The van der Waals surface area contributed by atoms with Crippen molar-refractivity contribution in [3.8, 4) is 0 Å². The Morgan fingerprint density at radius 2 is 2.43 bits per heavy atom. The third kappa shape index (κ3) is 2.80. The zero-order valence-electron chi connectivity index (χ0n) is 8.72. The molecular formula is C9H18N4O. The molecule has 0 aromatic carbocycles. The molecule has 1 heterocycles. The van der Waals surface area contributed by atoms with Gasteiger partial charge < -0.3 is 10.8 Å². The van der Waals surface area contributed by atoms with Gasteiger partial charge in [0.1, 0.15) is 0 Å². The molecule has 0 fully saturated rings. The highest BCUT2D eigenvalue weighted by Gasteiger charge is 2.12. The topological polar surface area (TPSA) is 67.3 Å². The Bertz CT molecular complexity index is 270. The van der Waals surface area contributed by atoms with Crippen LogP contribution in [0.4, 0.5) is 0 Å². The van der Waals surface area contributed by atoms with Gasteiger partial charge in [-0.15, -0.1) is 0 Å². The summed E-state index contributed by atoms with van der Waals surface area (Å²) in [5.41, 5.74) is 6.65. The minimum Gasteiger partial charge on any atom is -0.395 e. The van der Waals surface area contributed by atoms with Crippen LogP contribution < -0.4 is 5.73 Å². The molecule has 14 heavy (non-hydrogen) atoms. The van der Waals surface area contributed by atoms with Gasteiger partial charge in [-0.2, -0.15) is 5.10 Å². The minimum atomic E-state index is 0.0233. The number of hydrogen-bond acceptors (Lipinski definition) is 4. The largest absolute Gasteiger partial charge is 0.395 e. The fourth-order valence-electron chi connectivity index (χ4n) is 1.36. The zero-order chi connectivity index (χ0) is 10.6. The van der Waals surface area contributed by atoms with Crippen LogP contribution in [-0.4, -0.2) is 46.0 Å². The van der Waals surface area contributed by atoms with Crippen LogP contribution in [0.1, 0.15) is 5.56 Å². The van der Waals surface area contributed by atoms with Crippen LogP contribution in [0.25, 0.3) is 0 Å². The molecule has 1 rings (SSSR count). The van der Waals surface area contributed by atoms with E-state index in [1.807, 2.05) is 31.4 Å². The molecule has 5 nitrogen and oxygen atoms in total. The molecule has 1 atom stereocenters. The molecule has 0 amide bonds. The average molecular weight is 198 g/mol. The normalized spacial score (nSPS) is 13.5. The summed E-state index contributed by atoms with van der Waals surface area (Å²) >= 11 is 0. The average Bonchev–Trinajstić information content (AvgIpc) is 2.53. The van der Waals surface area contributed by atoms with Crippen LogP contribution >= 0.6 is 0 Å². The SMILES string of the molecule is CN(Cc1cnn(C)c1)C(CN)CO. The van der Waals surface area contributed by atoms with Gasteiger partial charge in [0.2, 0.25) is 0 Å². The number of likely N-dealkylation sites (N-methyl/N-ethyl adjacent to an activating group) is 1. The number of rotatable bonds is 5. The molecule has 1 aromatic rings. The van der Waals surface area contributed by atoms with Crippen LogP contribution in [0.5, 0.6) is 0 Å². The molecule has 3 N–H and O–H groups in total. The van der Waals surface area contributed by atoms with Gasteiger partial charge in [-0.3, -0.25) is 9.58 Å². The molecule has 0 aliphatic heterocycles. The molecule has 0 saturated heterocycles. The fourth-order valence-corrected chi connectivity index (χ4v) is 1.36. The van der Waals surface area contributed by atoms with Crippen molar-refractivity contribution < 1.29 is 5.11 Å². The molecule has 1 unspecified atom stereocenters. The summed E-state index contributed by atoms with van der Waals surface area (Å²) < 4.78 is 1.76. The monoisotopic (exact) mass is 198 g/mol. The van der Waals surface area contributed by atoms with Gasteiger partial charge in [-0.05, 0) is 7.05 Å². The molecule has 80 valence electrons. The fraction of sp³-hybridized carbons (Fsp3) is 0.667. The first-order valence-electron chi connectivity index (χ1n) is 4.66. The maximum absolute atomic E-state index is 9.04. The Kier molecular flexibility index (Phi) is 4.06. The van der Waals surface area contributed by atoms with Gasteiger partial charge in [-0.1, -0.05) is 0 Å². The second-order valence-electron chi connectivity index (χ2n) is 3.51. The van der Waals surface area contributed by atoms with Crippen LogP contribution in [-0.2, 0) is 13.6 Å². The van der Waals surface area contributed by atoms with Crippen LogP contribution in [0.15, 0.2) is 12.4 Å². The second-order valence-corrected chi connectivity index (χ2v) is 3.51. The van der Waals surface area contributed by atoms with Crippen molar-refractivity contribution in [3.05, 3.63) is 18.0 Å². The van der Waals surface area contributed by atoms with Gasteiger partial charge in [0.25, 0.3) is 0 Å². The summed E-state index contributed by atoms with van der Waals surface area (Å²) in [6.07, 6.45) is 3.78. The molecule has 0 saturated carbocycles. The number of aryl methyl sites for hydroxylation is 1. The number of nitrogens with zero attached hydrogens (tertiary/aromatic N) is 3. The van der Waals surface area contributed by atoms with E-state index in [9.17, 15) is 0 Å². The molecule has 0 aliphatic rings. The Labute approximate surface area is 84.1 Å². The molecular weight excluding hydrogens is 180 g/mol. The first-order chi connectivity index (χ1) is 6.67. The summed E-state index contributed by atoms with van der Waals surface area (Å²) in [6.45, 7) is 1.32. The molecule has 1 aromatic heterocycles. The number of aliphatic hydroxyl groups excluding tert-OH is 1. The van der Waals surface area contributed by atoms with Gasteiger partial charge >= 0.3 is 0 Å². The minimum absolute atomic E-state index is 0.0233. The predicted molar refractivity (Wildman–Crippen MR) is 54.6 cm³/mol. The van der Waals surface area contributed by atoms with Crippen molar-refractivity contribution in [1.82, 2.24) is 14.7 Å². The molecule has 0 aliphatic carbocycles. The summed E-state index contributed by atoms with van der Waals surface area (Å²) in [6, 6.07) is 0.0233. The summed E-state index contributed by atoms with van der Waals surface area (Å²) in [5, 5.41) is 13.1. The van der Waals surface area contributed by atoms with E-state index in [2.05, 4.69) is 5.10 Å². The third-order valence-corrected chi connectivity index (χ3v) is 2.30. The van der Waals surface area contributed by atoms with Crippen molar-refractivity contribution in [2.24, 2.45) is 12.8 Å². The van der Waals surface area contributed by atoms with Crippen molar-refractivity contribution in [2.45, 2.75) is 12.6 Å². The quantitative estimate of drug-likeness (QED) is 0.648. The van der Waals surface area contributed by atoms with E-state index in [1.165, 1.54) is 0 Å². The zero-order valence-corrected chi connectivity index (χ0v) is 8.72. The van der Waals surface area contributed by atoms with Crippen molar-refractivity contribution >= 4 is 0 Å². The van der Waals surface area contributed by atoms with Crippen molar-refractivity contribution in [2.75, 3.05) is 20.2 Å². The van der Waals surface area contributed by atoms with Gasteiger partial charge in [-0.25, -0.2) is 0 Å². The second kappa shape index (κ2) is 5.09. The number of nitrogens with two attached hydrogens (primary N) is 1. The lowest BCUT2D eigenvalue weighted by Crippen LogP contribution is -2.40. The van der Waals surface area contributed by atoms with Crippen molar-refractivity contribution in [1.29, 1.82) is 0 Å². The summed E-state index contributed by atoms with van der Waals surface area (Å²) in [7, 11) is 3.83. The number of hydrogen-bond donors (Lipinski definition) is 2. The Balaban J connectivity index is 2.51. The Morgan fingerprint density at radius 1 is 1.71 bits per heavy atom. The highest BCUT2D eigenvalue weighted by molar-refractivity contribution is 5.03. The Morgan fingerprint density at radius 3 is 2.86 bits per heavy atom. The molecule has 0 bridgehead atoms. The van der Waals surface area contributed by atoms with E-state index in [-0.39, 0.29) is 12.6 Å². The molecule has 5 heteroatoms. The Hall–Kier alpha value is -0.910. The smallest absolute Gasteiger partial charge is 0.0599 e. The predicted octanol–water partition coefficient (Wildman–Crippen LogP) is -0.828. The van der Waals surface area contributed by atoms with Gasteiger partial charge in [0.15, 0.2) is 0 Å². The highest BCUT2D eigenvalue weighted by Crippen LogP contribution is 2.04. The maximum atomic E-state index is 9.04. The lowest BCUT2D eigenvalue weighted by Gasteiger charge is -2.24.